The average molecular weight is 544 g/mol. The Morgan fingerprint density at radius 3 is 1.06 bits per heavy atom. The summed E-state index contributed by atoms with van der Waals surface area (Å²) in [4.78, 5) is 10.2. The third-order valence-corrected chi connectivity index (χ3v) is 4.52. The van der Waals surface area contributed by atoms with Gasteiger partial charge in [0, 0.05) is 42.7 Å². The molecule has 1 rings (SSSR count). The van der Waals surface area contributed by atoms with Gasteiger partial charge in [-0.3, -0.25) is 0 Å². The Bertz CT molecular complexity index is 361. The molecule has 1 aliphatic heterocycles. The first-order chi connectivity index (χ1) is 13.7. The van der Waals surface area contributed by atoms with Crippen LogP contribution < -0.4 is 28.0 Å². The Balaban J connectivity index is -0.000000595. The minimum Gasteiger partial charge on any atom is -0.305 e. The summed E-state index contributed by atoms with van der Waals surface area (Å²) in [6.07, 6.45) is 2.58. The van der Waals surface area contributed by atoms with Gasteiger partial charge in [0.05, 0.1) is 29.8 Å². The fraction of sp³-hybridized carbons (Fsp3) is 1.00. The molecule has 0 aromatic carbocycles. The molecule has 15 heteroatoms. The standard InChI is InChI=1S/C16H36N4.2ClHO4.Ni/c1-5-19-11-7-9-17(3)13-14-18(4)10-8-12-20(6-2)16-15-19;2*2-1(3,4)5;/h5-16H2,1-4H3;2*(H,2,3,4,5);. The summed E-state index contributed by atoms with van der Waals surface area (Å²) >= 11 is 0. The van der Waals surface area contributed by atoms with Crippen LogP contribution in [-0.2, 0) is 16.5 Å². The molecule has 0 aromatic rings. The SMILES string of the molecule is CCN1CCCN(C)CCN(C)CCCN(CC)CC1.[Ni].[O-][Cl+3]([O-])([O-])O.[O-][Cl+3]([O-])([O-])O. The second-order valence-corrected chi connectivity index (χ2v) is 8.56. The monoisotopic (exact) mass is 542 g/mol. The van der Waals surface area contributed by atoms with Crippen LogP contribution in [0.3, 0.4) is 0 Å². The van der Waals surface area contributed by atoms with Crippen molar-refractivity contribution in [2.75, 3.05) is 79.5 Å². The average Bonchev–Trinajstić information content (AvgIpc) is 2.57. The van der Waals surface area contributed by atoms with Gasteiger partial charge in [0.1, 0.15) is 0 Å². The van der Waals surface area contributed by atoms with E-state index in [-0.39, 0.29) is 16.5 Å². The van der Waals surface area contributed by atoms with Gasteiger partial charge in [0.2, 0.25) is 0 Å². The Morgan fingerprint density at radius 1 is 0.581 bits per heavy atom. The predicted octanol–water partition coefficient (Wildman–Crippen LogP) is -6.96. The van der Waals surface area contributed by atoms with Crippen molar-refractivity contribution in [1.29, 1.82) is 0 Å². The largest absolute Gasteiger partial charge is 0.305 e. The molecule has 0 atom stereocenters. The molecule has 31 heavy (non-hydrogen) atoms. The molecule has 0 amide bonds. The molecule has 1 fully saturated rings. The van der Waals surface area contributed by atoms with E-state index >= 15 is 0 Å². The van der Waals surface area contributed by atoms with Crippen molar-refractivity contribution in [3.05, 3.63) is 0 Å². The van der Waals surface area contributed by atoms with E-state index in [2.05, 4.69) is 47.5 Å². The van der Waals surface area contributed by atoms with E-state index < -0.39 is 20.5 Å². The van der Waals surface area contributed by atoms with Crippen LogP contribution in [0.5, 0.6) is 0 Å². The van der Waals surface area contributed by atoms with Gasteiger partial charge in [-0.1, -0.05) is 13.8 Å². The molecule has 0 spiro atoms. The van der Waals surface area contributed by atoms with Crippen LogP contribution in [0, 0.1) is 20.5 Å². The van der Waals surface area contributed by atoms with Crippen molar-refractivity contribution < 1.29 is 74.2 Å². The van der Waals surface area contributed by atoms with Crippen LogP contribution in [0.4, 0.5) is 0 Å². The van der Waals surface area contributed by atoms with E-state index in [1.165, 1.54) is 78.3 Å². The topological polar surface area (TPSA) is 192 Å². The second kappa shape index (κ2) is 20.0. The van der Waals surface area contributed by atoms with Crippen molar-refractivity contribution >= 4 is 0 Å². The fourth-order valence-electron chi connectivity index (χ4n) is 2.83. The molecular weight excluding hydrogens is 506 g/mol. The minimum absolute atomic E-state index is 0. The zero-order valence-electron chi connectivity index (χ0n) is 18.7. The first-order valence-electron chi connectivity index (χ1n) is 9.73. The molecule has 0 saturated carbocycles. The molecule has 1 saturated heterocycles. The van der Waals surface area contributed by atoms with Gasteiger partial charge in [-0.25, -0.2) is 0 Å². The van der Waals surface area contributed by atoms with Crippen LogP contribution in [0.25, 0.3) is 0 Å². The van der Waals surface area contributed by atoms with E-state index in [9.17, 15) is 0 Å². The zero-order chi connectivity index (χ0) is 23.8. The molecule has 2 N–H and O–H groups in total. The van der Waals surface area contributed by atoms with E-state index in [0.717, 1.165) is 0 Å². The third-order valence-electron chi connectivity index (χ3n) is 4.52. The van der Waals surface area contributed by atoms with Gasteiger partial charge in [-0.2, -0.15) is 28.0 Å². The Hall–Kier alpha value is 0.594. The molecule has 0 aromatic heterocycles. The summed E-state index contributed by atoms with van der Waals surface area (Å²) in [6.45, 7) is 16.7. The van der Waals surface area contributed by atoms with Crippen LogP contribution in [-0.4, -0.2) is 108 Å². The number of rotatable bonds is 2. The minimum atomic E-state index is -4.69. The normalized spacial score (nSPS) is 19.7. The third kappa shape index (κ3) is 35.4. The van der Waals surface area contributed by atoms with E-state index in [0.29, 0.717) is 0 Å². The molecule has 0 aliphatic carbocycles. The fourth-order valence-corrected chi connectivity index (χ4v) is 2.83. The maximum absolute atomic E-state index is 8.60. The van der Waals surface area contributed by atoms with Crippen molar-refractivity contribution in [2.24, 2.45) is 0 Å². The first kappa shape index (κ1) is 36.2. The van der Waals surface area contributed by atoms with Crippen molar-refractivity contribution in [3.63, 3.8) is 0 Å². The van der Waals surface area contributed by atoms with E-state index in [1.54, 1.807) is 0 Å². The molecule has 1 aliphatic rings. The van der Waals surface area contributed by atoms with Gasteiger partial charge < -0.3 is 19.6 Å². The van der Waals surface area contributed by atoms with Crippen molar-refractivity contribution in [2.45, 2.75) is 26.7 Å². The predicted molar refractivity (Wildman–Crippen MR) is 92.9 cm³/mol. The maximum Gasteiger partial charge on any atom is 0.0777 e. The maximum atomic E-state index is 8.60. The molecule has 1 heterocycles. The van der Waals surface area contributed by atoms with E-state index in [1.807, 2.05) is 0 Å². The van der Waals surface area contributed by atoms with Crippen molar-refractivity contribution in [3.8, 4) is 0 Å². The van der Waals surface area contributed by atoms with Crippen LogP contribution in [0.2, 0.25) is 0 Å². The number of hydrogen-bond donors (Lipinski definition) is 2. The Kier molecular flexibility index (Phi) is 23.3. The molecule has 0 radical (unpaired) electrons. The van der Waals surface area contributed by atoms with Gasteiger partial charge in [0.15, 0.2) is 0 Å². The molecule has 194 valence electrons. The summed E-state index contributed by atoms with van der Waals surface area (Å²) in [5.41, 5.74) is 0. The smallest absolute Gasteiger partial charge is 0.0777 e. The molecule has 0 unspecified atom stereocenters. The number of likely N-dealkylation sites (N-methyl/N-ethyl adjacent to an activating group) is 4. The van der Waals surface area contributed by atoms with Gasteiger partial charge >= 0.3 is 0 Å². The number of hydrogen-bond acceptors (Lipinski definition) is 12. The van der Waals surface area contributed by atoms with Crippen LogP contribution in [0.15, 0.2) is 0 Å². The Morgan fingerprint density at radius 2 is 0.839 bits per heavy atom. The van der Waals surface area contributed by atoms with Gasteiger partial charge in [-0.15, -0.1) is 0 Å². The summed E-state index contributed by atoms with van der Waals surface area (Å²) in [7, 11) is -4.87. The molecular formula is C16H38Cl2N4NiO8. The van der Waals surface area contributed by atoms with Gasteiger partial charge in [-0.05, 0) is 66.2 Å². The van der Waals surface area contributed by atoms with Gasteiger partial charge in [0.25, 0.3) is 0 Å². The summed E-state index contributed by atoms with van der Waals surface area (Å²) in [5.74, 6) is 0. The summed E-state index contributed by atoms with van der Waals surface area (Å²) < 4.78 is 65.4. The Labute approximate surface area is 200 Å². The summed E-state index contributed by atoms with van der Waals surface area (Å²) in [5, 5.41) is 0. The second-order valence-electron chi connectivity index (χ2n) is 6.97. The number of halogens is 2. The molecule has 0 bridgehead atoms. The zero-order valence-corrected chi connectivity index (χ0v) is 21.2. The van der Waals surface area contributed by atoms with Crippen LogP contribution >= 0.6 is 0 Å². The number of nitrogens with zero attached hydrogens (tertiary/aromatic N) is 4. The quantitative estimate of drug-likeness (QED) is 0.313. The van der Waals surface area contributed by atoms with E-state index in [4.69, 9.17) is 37.3 Å². The molecule has 12 nitrogen and oxygen atoms in total. The van der Waals surface area contributed by atoms with Crippen LogP contribution in [0.1, 0.15) is 26.7 Å². The summed E-state index contributed by atoms with van der Waals surface area (Å²) in [6, 6.07) is 0. The van der Waals surface area contributed by atoms with Crippen molar-refractivity contribution in [1.82, 2.24) is 19.6 Å². The first-order valence-corrected chi connectivity index (χ1v) is 12.3.